The van der Waals surface area contributed by atoms with E-state index in [-0.39, 0.29) is 29.6 Å². The first-order valence-corrected chi connectivity index (χ1v) is 8.63. The summed E-state index contributed by atoms with van der Waals surface area (Å²) in [7, 11) is 1.40. The van der Waals surface area contributed by atoms with Crippen molar-refractivity contribution in [1.29, 1.82) is 0 Å². The smallest absolute Gasteiger partial charge is 0.274 e. The molecule has 1 aromatic carbocycles. The van der Waals surface area contributed by atoms with Crippen LogP contribution in [0.1, 0.15) is 35.8 Å². The third kappa shape index (κ3) is 5.01. The maximum atomic E-state index is 12.9. The predicted octanol–water partition coefficient (Wildman–Crippen LogP) is 3.32. The number of aromatic hydroxyl groups is 1. The third-order valence-corrected chi connectivity index (χ3v) is 4.14. The molecule has 0 spiro atoms. The first-order valence-electron chi connectivity index (χ1n) is 8.23. The van der Waals surface area contributed by atoms with E-state index in [1.54, 1.807) is 16.4 Å². The highest BCUT2D eigenvalue weighted by Gasteiger charge is 2.20. The van der Waals surface area contributed by atoms with E-state index >= 15 is 0 Å². The Bertz CT molecular complexity index is 756. The molecule has 2 rings (SSSR count). The largest absolute Gasteiger partial charge is 0.503 e. The number of carbonyl (C=O) groups is 1. The van der Waals surface area contributed by atoms with Crippen molar-refractivity contribution in [3.63, 3.8) is 0 Å². The second-order valence-corrected chi connectivity index (χ2v) is 6.15. The highest BCUT2D eigenvalue weighted by atomic mass is 32.1. The topological polar surface area (TPSA) is 74.7 Å². The molecule has 0 unspecified atom stereocenters. The van der Waals surface area contributed by atoms with Crippen LogP contribution in [0.25, 0.3) is 0 Å². The van der Waals surface area contributed by atoms with Gasteiger partial charge in [0.25, 0.3) is 5.91 Å². The lowest BCUT2D eigenvalue weighted by Gasteiger charge is -2.18. The van der Waals surface area contributed by atoms with Crippen molar-refractivity contribution >= 4 is 24.5 Å². The Morgan fingerprint density at radius 1 is 1.38 bits per heavy atom. The van der Waals surface area contributed by atoms with Gasteiger partial charge < -0.3 is 19.5 Å². The standard InChI is InChI=1S/C18H22FN3O3S/c1-3-4-9-22(26)15-10-14(25-2)17(23)16(21-15)18(24)20-11-12-5-7-13(19)8-6-12/h5-8,10,23,26H,3-4,9,11H2,1-2H3,(H,20,24). The number of hydrogen-bond donors (Lipinski definition) is 3. The molecule has 0 aliphatic rings. The summed E-state index contributed by atoms with van der Waals surface area (Å²) >= 11 is 4.38. The van der Waals surface area contributed by atoms with Crippen LogP contribution in [0.15, 0.2) is 30.3 Å². The molecule has 8 heteroatoms. The van der Waals surface area contributed by atoms with Gasteiger partial charge in [0.05, 0.1) is 7.11 Å². The number of rotatable bonds is 8. The number of pyridine rings is 1. The summed E-state index contributed by atoms with van der Waals surface area (Å²) in [5, 5.41) is 12.9. The molecule has 26 heavy (non-hydrogen) atoms. The van der Waals surface area contributed by atoms with Gasteiger partial charge in [0.1, 0.15) is 11.6 Å². The van der Waals surface area contributed by atoms with Crippen LogP contribution >= 0.6 is 12.8 Å². The summed E-state index contributed by atoms with van der Waals surface area (Å²) < 4.78 is 19.7. The number of amides is 1. The summed E-state index contributed by atoms with van der Waals surface area (Å²) in [5.41, 5.74) is 0.568. The minimum Gasteiger partial charge on any atom is -0.503 e. The maximum absolute atomic E-state index is 12.9. The maximum Gasteiger partial charge on any atom is 0.274 e. The van der Waals surface area contributed by atoms with Crippen LogP contribution in [0.2, 0.25) is 0 Å². The molecule has 6 nitrogen and oxygen atoms in total. The molecule has 0 aliphatic heterocycles. The Balaban J connectivity index is 2.19. The third-order valence-electron chi connectivity index (χ3n) is 3.73. The Labute approximate surface area is 157 Å². The number of halogens is 1. The van der Waals surface area contributed by atoms with Crippen molar-refractivity contribution in [3.8, 4) is 11.5 Å². The van der Waals surface area contributed by atoms with Gasteiger partial charge >= 0.3 is 0 Å². The molecule has 0 aliphatic carbocycles. The summed E-state index contributed by atoms with van der Waals surface area (Å²) in [5.74, 6) is -0.715. The van der Waals surface area contributed by atoms with Gasteiger partial charge in [0.2, 0.25) is 0 Å². The van der Waals surface area contributed by atoms with Crippen LogP contribution in [-0.2, 0) is 6.54 Å². The van der Waals surface area contributed by atoms with Crippen LogP contribution in [0, 0.1) is 5.82 Å². The average molecular weight is 379 g/mol. The molecule has 2 N–H and O–H groups in total. The molecule has 0 fully saturated rings. The SMILES string of the molecule is CCCCN(S)c1cc(OC)c(O)c(C(=O)NCc2ccc(F)cc2)n1. The van der Waals surface area contributed by atoms with E-state index < -0.39 is 5.91 Å². The molecule has 1 amide bonds. The van der Waals surface area contributed by atoms with Gasteiger partial charge in [-0.25, -0.2) is 9.37 Å². The normalized spacial score (nSPS) is 10.5. The monoisotopic (exact) mass is 379 g/mol. The van der Waals surface area contributed by atoms with Crippen LogP contribution in [-0.4, -0.2) is 29.7 Å². The minimum atomic E-state index is -0.566. The Kier molecular flexibility index (Phi) is 7.08. The van der Waals surface area contributed by atoms with E-state index in [0.717, 1.165) is 18.4 Å². The molecular formula is C18H22FN3O3S. The van der Waals surface area contributed by atoms with E-state index in [9.17, 15) is 14.3 Å². The molecule has 0 atom stereocenters. The highest BCUT2D eigenvalue weighted by molar-refractivity contribution is 7.81. The van der Waals surface area contributed by atoms with Crippen molar-refractivity contribution in [2.75, 3.05) is 18.0 Å². The Hall–Kier alpha value is -2.48. The van der Waals surface area contributed by atoms with Crippen LogP contribution in [0.3, 0.4) is 0 Å². The summed E-state index contributed by atoms with van der Waals surface area (Å²) in [6.07, 6.45) is 1.89. The van der Waals surface area contributed by atoms with Gasteiger partial charge in [0, 0.05) is 19.2 Å². The van der Waals surface area contributed by atoms with Gasteiger partial charge in [-0.15, -0.1) is 0 Å². The number of methoxy groups -OCH3 is 1. The lowest BCUT2D eigenvalue weighted by Crippen LogP contribution is -2.25. The van der Waals surface area contributed by atoms with Crippen molar-refractivity contribution in [2.45, 2.75) is 26.3 Å². The fourth-order valence-corrected chi connectivity index (χ4v) is 2.48. The van der Waals surface area contributed by atoms with Crippen LogP contribution in [0.4, 0.5) is 10.2 Å². The number of anilines is 1. The summed E-state index contributed by atoms with van der Waals surface area (Å²) in [6, 6.07) is 7.29. The number of hydrogen-bond acceptors (Lipinski definition) is 6. The van der Waals surface area contributed by atoms with Gasteiger partial charge in [-0.1, -0.05) is 38.3 Å². The fraction of sp³-hybridized carbons (Fsp3) is 0.333. The lowest BCUT2D eigenvalue weighted by molar-refractivity contribution is 0.0942. The Morgan fingerprint density at radius 3 is 2.69 bits per heavy atom. The molecule has 0 radical (unpaired) electrons. The number of unbranched alkanes of at least 4 members (excludes halogenated alkanes) is 1. The zero-order valence-corrected chi connectivity index (χ0v) is 15.6. The average Bonchev–Trinajstić information content (AvgIpc) is 2.65. The van der Waals surface area contributed by atoms with Crippen LogP contribution < -0.4 is 14.4 Å². The Morgan fingerprint density at radius 2 is 2.08 bits per heavy atom. The molecule has 1 aromatic heterocycles. The number of thiol groups is 1. The molecule has 0 saturated heterocycles. The highest BCUT2D eigenvalue weighted by Crippen LogP contribution is 2.33. The molecule has 0 bridgehead atoms. The predicted molar refractivity (Wildman–Crippen MR) is 101 cm³/mol. The van der Waals surface area contributed by atoms with E-state index in [0.29, 0.717) is 12.4 Å². The van der Waals surface area contributed by atoms with E-state index in [2.05, 4.69) is 30.0 Å². The lowest BCUT2D eigenvalue weighted by atomic mass is 10.2. The molecule has 2 aromatic rings. The zero-order valence-electron chi connectivity index (χ0n) is 14.7. The fourth-order valence-electron chi connectivity index (χ4n) is 2.24. The van der Waals surface area contributed by atoms with Gasteiger partial charge in [0.15, 0.2) is 17.2 Å². The second-order valence-electron chi connectivity index (χ2n) is 5.67. The molecule has 1 heterocycles. The minimum absolute atomic E-state index is 0.137. The number of ether oxygens (including phenoxy) is 1. The van der Waals surface area contributed by atoms with Crippen molar-refractivity contribution in [1.82, 2.24) is 10.3 Å². The van der Waals surface area contributed by atoms with Crippen molar-refractivity contribution in [3.05, 3.63) is 47.4 Å². The molecule has 0 saturated carbocycles. The number of nitrogens with zero attached hydrogens (tertiary/aromatic N) is 2. The van der Waals surface area contributed by atoms with Gasteiger partial charge in [-0.3, -0.25) is 4.79 Å². The summed E-state index contributed by atoms with van der Waals surface area (Å²) in [6.45, 7) is 2.87. The van der Waals surface area contributed by atoms with Gasteiger partial charge in [-0.05, 0) is 24.1 Å². The zero-order chi connectivity index (χ0) is 19.1. The van der Waals surface area contributed by atoms with Crippen LogP contribution in [0.5, 0.6) is 11.5 Å². The second kappa shape index (κ2) is 9.28. The quantitative estimate of drug-likeness (QED) is 0.614. The number of carbonyl (C=O) groups excluding carboxylic acids is 1. The first kappa shape index (κ1) is 19.8. The summed E-state index contributed by atoms with van der Waals surface area (Å²) in [4.78, 5) is 16.7. The molecule has 140 valence electrons. The number of benzene rings is 1. The van der Waals surface area contributed by atoms with E-state index in [4.69, 9.17) is 4.74 Å². The van der Waals surface area contributed by atoms with E-state index in [1.807, 2.05) is 0 Å². The van der Waals surface area contributed by atoms with Gasteiger partial charge in [-0.2, -0.15) is 0 Å². The van der Waals surface area contributed by atoms with Crippen molar-refractivity contribution < 1.29 is 19.0 Å². The molecular weight excluding hydrogens is 357 g/mol. The first-order chi connectivity index (χ1) is 12.5. The number of aromatic nitrogens is 1. The van der Waals surface area contributed by atoms with E-state index in [1.165, 1.54) is 25.3 Å². The van der Waals surface area contributed by atoms with Crippen molar-refractivity contribution in [2.24, 2.45) is 0 Å². The number of nitrogens with one attached hydrogen (secondary N) is 1.